The van der Waals surface area contributed by atoms with Gasteiger partial charge in [0.05, 0.1) is 75.4 Å². The number of ketones is 2. The van der Waals surface area contributed by atoms with Crippen LogP contribution >= 0.6 is 23.3 Å². The monoisotopic (exact) mass is 1130 g/mol. The van der Waals surface area contributed by atoms with E-state index in [1.165, 1.54) is 27.1 Å². The predicted molar refractivity (Wildman–Crippen MR) is 289 cm³/mol. The van der Waals surface area contributed by atoms with Gasteiger partial charge in [0.15, 0.2) is 29.9 Å². The number of pyridine rings is 3. The summed E-state index contributed by atoms with van der Waals surface area (Å²) in [5, 5.41) is 15.8. The van der Waals surface area contributed by atoms with E-state index in [1.54, 1.807) is 54.9 Å². The number of nitrogens with two attached hydrogens (primary N) is 2. The Labute approximate surface area is 449 Å². The summed E-state index contributed by atoms with van der Waals surface area (Å²) in [5.41, 5.74) is 20.7. The molecular weight excluding hydrogens is 1070 g/mol. The van der Waals surface area contributed by atoms with Crippen molar-refractivity contribution >= 4 is 64.2 Å². The maximum absolute atomic E-state index is 11.5. The van der Waals surface area contributed by atoms with Gasteiger partial charge in [0.2, 0.25) is 17.6 Å². The molecule has 6 aromatic rings. The number of nitrogens with one attached hydrogen (secondary N) is 1. The second-order valence-corrected chi connectivity index (χ2v) is 19.3. The average molecular weight is 1130 g/mol. The Morgan fingerprint density at radius 1 is 0.747 bits per heavy atom. The van der Waals surface area contributed by atoms with E-state index in [0.717, 1.165) is 67.2 Å². The number of hydroxylamine groups is 1. The van der Waals surface area contributed by atoms with E-state index in [1.807, 2.05) is 67.3 Å². The van der Waals surface area contributed by atoms with E-state index in [2.05, 4.69) is 73.4 Å². The van der Waals surface area contributed by atoms with Gasteiger partial charge in [0.1, 0.15) is 39.9 Å². The molecule has 0 spiro atoms. The number of ether oxygens (including phenoxy) is 3. The maximum atomic E-state index is 11.5. The molecular formula is C49H61BrN15O8PS. The van der Waals surface area contributed by atoms with Gasteiger partial charge in [0, 0.05) is 30.4 Å². The van der Waals surface area contributed by atoms with Crippen LogP contribution in [0.2, 0.25) is 0 Å². The van der Waals surface area contributed by atoms with Gasteiger partial charge in [-0.15, -0.1) is 0 Å². The number of nitrogens with zero attached hydrogens (tertiary/aromatic N) is 12. The fourth-order valence-corrected chi connectivity index (χ4v) is 7.44. The fourth-order valence-electron chi connectivity index (χ4n) is 6.98. The van der Waals surface area contributed by atoms with Crippen LogP contribution in [0.25, 0.3) is 17.1 Å². The Balaban J connectivity index is 0.000000168. The molecule has 1 aliphatic heterocycles. The van der Waals surface area contributed by atoms with Crippen molar-refractivity contribution < 1.29 is 38.7 Å². The first-order valence-corrected chi connectivity index (χ1v) is 27.1. The molecule has 3 aliphatic carbocycles. The van der Waals surface area contributed by atoms with E-state index in [4.69, 9.17) is 45.6 Å². The summed E-state index contributed by atoms with van der Waals surface area (Å²) in [6.45, 7) is 8.21. The second-order valence-electron chi connectivity index (χ2n) is 17.3. The SMILES string of the molecule is COc1nc(/C(N)=N/O)ccc1-n1cnc(C)c1.COc1nc(/C(N)=N/OCC(=O)C2CC2)ccc1-n1cnc(C)c1.COc1nc(C2=NC(C3CC3)CON2)ccc1-n1cnc(C)c1.CP=S.O=C(CBr)C1CC1. The molecule has 0 saturated heterocycles. The first-order chi connectivity index (χ1) is 36.2. The third-order valence-electron chi connectivity index (χ3n) is 11.4. The molecule has 10 rings (SSSR count). The van der Waals surface area contributed by atoms with Crippen LogP contribution in [-0.4, -0.2) is 130 Å². The van der Waals surface area contributed by atoms with Crippen LogP contribution in [0.3, 0.4) is 0 Å². The van der Waals surface area contributed by atoms with E-state index in [0.29, 0.717) is 70.1 Å². The Hall–Kier alpha value is -7.21. The first-order valence-electron chi connectivity index (χ1n) is 23.6. The highest BCUT2D eigenvalue weighted by Crippen LogP contribution is 2.36. The second kappa shape index (κ2) is 27.9. The lowest BCUT2D eigenvalue weighted by Gasteiger charge is -2.21. The minimum Gasteiger partial charge on any atom is -0.479 e. The molecule has 1 unspecified atom stereocenters. The van der Waals surface area contributed by atoms with E-state index < -0.39 is 0 Å². The van der Waals surface area contributed by atoms with Crippen molar-refractivity contribution in [1.82, 2.24) is 49.1 Å². The van der Waals surface area contributed by atoms with Gasteiger partial charge in [-0.1, -0.05) is 38.0 Å². The van der Waals surface area contributed by atoms with Gasteiger partial charge in [-0.25, -0.2) is 35.4 Å². The van der Waals surface area contributed by atoms with Crippen molar-refractivity contribution in [3.63, 3.8) is 0 Å². The van der Waals surface area contributed by atoms with Gasteiger partial charge in [-0.05, 0) is 116 Å². The molecule has 0 bridgehead atoms. The zero-order valence-corrected chi connectivity index (χ0v) is 46.0. The normalized spacial score (nSPS) is 15.9. The summed E-state index contributed by atoms with van der Waals surface area (Å²) in [6, 6.07) is 11.0. The molecule has 6 N–H and O–H groups in total. The molecule has 3 saturated carbocycles. The van der Waals surface area contributed by atoms with Crippen LogP contribution in [0.1, 0.15) is 72.7 Å². The van der Waals surface area contributed by atoms with Crippen LogP contribution in [0, 0.1) is 38.5 Å². The number of hydrogen-bond acceptors (Lipinski definition) is 19. The van der Waals surface area contributed by atoms with Crippen molar-refractivity contribution in [2.45, 2.75) is 65.3 Å². The number of methoxy groups -OCH3 is 3. The van der Waals surface area contributed by atoms with Gasteiger partial charge in [-0.2, -0.15) is 0 Å². The number of carbonyl (C=O) groups excluding carboxylic acids is 2. The standard InChI is InChI=1S/C16H19N5O3.C16H19N5O2.C11H13N5O2.C5H7BrO.CH3PS/c1-10-7-21(9-18-10)13-6-5-12(19-16(13)23-2)15(17)20-24-8-14(22)11-3-4-11;1-10-7-21(9-17-10)14-6-5-12(19-16(14)22-2)15-18-13(8-23-20-15)11-3-4-11;1-7-5-16(6-13-7)9-4-3-8(10(12)15-17)14-11(9)18-2;6-3-5(7)4-1-2-4;1-2-3/h5-7,9,11H,3-4,8H2,1-2H3,(H2,17,20);5-7,9,11,13H,3-4,8H2,1-2H3,(H,18,20);3-6,17H,1-2H3,(H2,12,15);4H,1-3H2;1H3. The highest BCUT2D eigenvalue weighted by atomic mass is 79.9. The molecule has 0 radical (unpaired) electrons. The number of imidazole rings is 3. The summed E-state index contributed by atoms with van der Waals surface area (Å²) in [7, 11) is 5.64. The molecule has 4 aliphatic rings. The molecule has 0 amide bonds. The predicted octanol–water partition coefficient (Wildman–Crippen LogP) is 5.91. The number of alkyl halides is 1. The van der Waals surface area contributed by atoms with E-state index >= 15 is 0 Å². The Kier molecular flexibility index (Phi) is 21.2. The number of halogens is 1. The Morgan fingerprint density at radius 2 is 1.20 bits per heavy atom. The van der Waals surface area contributed by atoms with Crippen molar-refractivity contribution in [2.75, 3.05) is 46.5 Å². The lowest BCUT2D eigenvalue weighted by atomic mass is 10.2. The number of carbonyl (C=O) groups is 2. The Morgan fingerprint density at radius 3 is 1.60 bits per heavy atom. The molecule has 75 heavy (non-hydrogen) atoms. The van der Waals surface area contributed by atoms with Crippen molar-refractivity contribution in [1.29, 1.82) is 0 Å². The lowest BCUT2D eigenvalue weighted by molar-refractivity contribution is -0.124. The molecule has 23 nitrogen and oxygen atoms in total. The van der Waals surface area contributed by atoms with Crippen LogP contribution in [0.4, 0.5) is 0 Å². The number of rotatable bonds is 16. The first kappa shape index (κ1) is 57.1. The number of aromatic nitrogens is 9. The zero-order valence-electron chi connectivity index (χ0n) is 42.7. The molecule has 26 heteroatoms. The quantitative estimate of drug-likeness (QED) is 0.0219. The number of aryl methyl sites for hydroxylation is 3. The maximum Gasteiger partial charge on any atom is 0.238 e. The Bertz CT molecular complexity index is 2990. The number of oxime groups is 2. The molecule has 1 atom stereocenters. The van der Waals surface area contributed by atoms with E-state index in [-0.39, 0.29) is 36.0 Å². The summed E-state index contributed by atoms with van der Waals surface area (Å²) in [6.07, 6.45) is 17.3. The van der Waals surface area contributed by atoms with Crippen LogP contribution in [0.15, 0.2) is 89.3 Å². The van der Waals surface area contributed by atoms with Gasteiger partial charge in [-0.3, -0.25) is 19.4 Å². The smallest absolute Gasteiger partial charge is 0.238 e. The minimum atomic E-state index is -0.0679. The van der Waals surface area contributed by atoms with Gasteiger partial charge < -0.3 is 49.4 Å². The zero-order chi connectivity index (χ0) is 54.0. The van der Waals surface area contributed by atoms with Gasteiger partial charge >= 0.3 is 0 Å². The topological polar surface area (TPSA) is 294 Å². The molecule has 398 valence electrons. The third kappa shape index (κ3) is 16.6. The van der Waals surface area contributed by atoms with Crippen molar-refractivity contribution in [2.24, 2.45) is 44.5 Å². The minimum absolute atomic E-state index is 0.0583. The van der Waals surface area contributed by atoms with Gasteiger partial charge in [0.25, 0.3) is 0 Å². The lowest BCUT2D eigenvalue weighted by Crippen LogP contribution is -2.37. The number of amidine groups is 3. The number of hydrogen-bond donors (Lipinski definition) is 4. The summed E-state index contributed by atoms with van der Waals surface area (Å²) < 4.78 is 21.4. The van der Waals surface area contributed by atoms with E-state index in [9.17, 15) is 9.59 Å². The van der Waals surface area contributed by atoms with Crippen molar-refractivity contribution in [3.8, 4) is 34.7 Å². The highest BCUT2D eigenvalue weighted by molar-refractivity contribution is 9.09. The van der Waals surface area contributed by atoms with Crippen LogP contribution < -0.4 is 31.2 Å². The molecule has 6 aromatic heterocycles. The molecule has 0 aromatic carbocycles. The number of Topliss-reactive ketones (excluding diaryl/α,β-unsaturated/α-hetero) is 2. The molecule has 3 fully saturated rings. The third-order valence-corrected chi connectivity index (χ3v) is 11.9. The largest absolute Gasteiger partial charge is 0.479 e. The highest BCUT2D eigenvalue weighted by Gasteiger charge is 2.34. The van der Waals surface area contributed by atoms with Crippen LogP contribution in [-0.2, 0) is 31.1 Å². The number of aliphatic imine (C=N–C) groups is 1. The summed E-state index contributed by atoms with van der Waals surface area (Å²) >= 11 is 7.47. The summed E-state index contributed by atoms with van der Waals surface area (Å²) in [5.74, 6) is 3.63. The average Bonchev–Trinajstić information content (AvgIpc) is 4.38. The molecule has 7 heterocycles. The summed E-state index contributed by atoms with van der Waals surface area (Å²) in [4.78, 5) is 62.9. The fraction of sp³-hybridized carbons (Fsp3) is 0.408. The van der Waals surface area contributed by atoms with Crippen LogP contribution in [0.5, 0.6) is 17.6 Å². The van der Waals surface area contributed by atoms with Crippen molar-refractivity contribution in [3.05, 3.63) is 108 Å².